The van der Waals surface area contributed by atoms with E-state index in [9.17, 15) is 14.0 Å². The molecule has 0 saturated heterocycles. The largest absolute Gasteiger partial charge is 0.449 e. The summed E-state index contributed by atoms with van der Waals surface area (Å²) in [6.45, 7) is 1.44. The highest BCUT2D eigenvalue weighted by Gasteiger charge is 2.20. The van der Waals surface area contributed by atoms with Crippen molar-refractivity contribution < 1.29 is 18.7 Å². The molecule has 0 saturated carbocycles. The summed E-state index contributed by atoms with van der Waals surface area (Å²) >= 11 is 1.27. The van der Waals surface area contributed by atoms with E-state index >= 15 is 0 Å². The summed E-state index contributed by atoms with van der Waals surface area (Å²) in [4.78, 5) is 28.5. The van der Waals surface area contributed by atoms with Crippen LogP contribution in [-0.4, -0.2) is 23.0 Å². The molecule has 26 heavy (non-hydrogen) atoms. The molecule has 0 fully saturated rings. The molecule has 3 rings (SSSR count). The molecular formula is C19H15FN2O3S. The molecule has 5 nitrogen and oxygen atoms in total. The first-order valence-corrected chi connectivity index (χ1v) is 8.69. The van der Waals surface area contributed by atoms with Crippen LogP contribution >= 0.6 is 11.3 Å². The summed E-state index contributed by atoms with van der Waals surface area (Å²) in [5.41, 5.74) is 1.73. The van der Waals surface area contributed by atoms with Crippen LogP contribution in [0.5, 0.6) is 0 Å². The van der Waals surface area contributed by atoms with Gasteiger partial charge in [-0.25, -0.2) is 14.2 Å². The third-order valence-electron chi connectivity index (χ3n) is 3.52. The minimum absolute atomic E-state index is 0.0465. The number of ether oxygens (including phenoxy) is 1. The summed E-state index contributed by atoms with van der Waals surface area (Å²) in [5.74, 6) is -1.83. The zero-order chi connectivity index (χ0) is 18.5. The van der Waals surface area contributed by atoms with Gasteiger partial charge >= 0.3 is 5.97 Å². The highest BCUT2D eigenvalue weighted by Crippen LogP contribution is 2.24. The fraction of sp³-hybridized carbons (Fsp3) is 0.105. The van der Waals surface area contributed by atoms with Gasteiger partial charge in [-0.3, -0.25) is 10.1 Å². The number of hydrogen-bond donors (Lipinski definition) is 1. The van der Waals surface area contributed by atoms with Gasteiger partial charge in [0.15, 0.2) is 11.2 Å². The molecule has 2 aromatic carbocycles. The highest BCUT2D eigenvalue weighted by atomic mass is 32.1. The van der Waals surface area contributed by atoms with E-state index in [4.69, 9.17) is 4.74 Å². The average molecular weight is 370 g/mol. The molecule has 0 aliphatic carbocycles. The van der Waals surface area contributed by atoms with Gasteiger partial charge in [0, 0.05) is 10.9 Å². The predicted octanol–water partition coefficient (Wildman–Crippen LogP) is 4.13. The van der Waals surface area contributed by atoms with Crippen LogP contribution in [0.3, 0.4) is 0 Å². The number of nitrogens with zero attached hydrogens (tertiary/aromatic N) is 1. The number of esters is 1. The van der Waals surface area contributed by atoms with Gasteiger partial charge in [0.2, 0.25) is 0 Å². The maximum atomic E-state index is 13.2. The summed E-state index contributed by atoms with van der Waals surface area (Å²) in [6.07, 6.45) is -1.05. The van der Waals surface area contributed by atoms with Crippen molar-refractivity contribution in [2.75, 3.05) is 5.32 Å². The van der Waals surface area contributed by atoms with Crippen LogP contribution in [0.4, 0.5) is 9.52 Å². The van der Waals surface area contributed by atoms with Crippen LogP contribution in [0.15, 0.2) is 60.0 Å². The fourth-order valence-electron chi connectivity index (χ4n) is 2.18. The zero-order valence-electron chi connectivity index (χ0n) is 13.8. The number of halogens is 1. The second-order valence-electron chi connectivity index (χ2n) is 5.45. The van der Waals surface area contributed by atoms with Gasteiger partial charge in [0.1, 0.15) is 5.82 Å². The maximum Gasteiger partial charge on any atom is 0.339 e. The van der Waals surface area contributed by atoms with Crippen LogP contribution in [0.25, 0.3) is 11.3 Å². The lowest BCUT2D eigenvalue weighted by molar-refractivity contribution is -0.123. The summed E-state index contributed by atoms with van der Waals surface area (Å²) in [6, 6.07) is 14.7. The van der Waals surface area contributed by atoms with Gasteiger partial charge in [-0.1, -0.05) is 36.4 Å². The van der Waals surface area contributed by atoms with E-state index in [0.717, 1.165) is 17.3 Å². The minimum atomic E-state index is -1.05. The Morgan fingerprint density at radius 3 is 2.65 bits per heavy atom. The fourth-order valence-corrected chi connectivity index (χ4v) is 2.90. The van der Waals surface area contributed by atoms with Crippen molar-refractivity contribution in [3.63, 3.8) is 0 Å². The maximum absolute atomic E-state index is 13.2. The van der Waals surface area contributed by atoms with Gasteiger partial charge in [0.25, 0.3) is 5.91 Å². The number of amides is 1. The molecule has 7 heteroatoms. The Hall–Kier alpha value is -3.06. The minimum Gasteiger partial charge on any atom is -0.449 e. The van der Waals surface area contributed by atoms with Crippen LogP contribution < -0.4 is 5.32 Å². The van der Waals surface area contributed by atoms with Crippen molar-refractivity contribution in [1.82, 2.24) is 4.98 Å². The Balaban J connectivity index is 1.61. The Labute approximate surface area is 153 Å². The quantitative estimate of drug-likeness (QED) is 0.686. The Bertz CT molecular complexity index is 927. The standard InChI is InChI=1S/C19H15FN2O3S/c1-12(25-18(24)14-8-5-9-15(20)10-14)17(23)22-19-21-16(11-26-19)13-6-3-2-4-7-13/h2-12H,1H3,(H,21,22,23)/t12-/m1/s1. The van der Waals surface area contributed by atoms with E-state index in [1.54, 1.807) is 0 Å². The number of aromatic nitrogens is 1. The summed E-state index contributed by atoms with van der Waals surface area (Å²) in [7, 11) is 0. The van der Waals surface area contributed by atoms with Gasteiger partial charge < -0.3 is 4.74 Å². The average Bonchev–Trinajstić information content (AvgIpc) is 3.11. The number of hydrogen-bond acceptors (Lipinski definition) is 5. The van der Waals surface area contributed by atoms with Crippen LogP contribution in [0.1, 0.15) is 17.3 Å². The molecule has 1 amide bonds. The predicted molar refractivity (Wildman–Crippen MR) is 97.5 cm³/mol. The lowest BCUT2D eigenvalue weighted by Crippen LogP contribution is -2.30. The van der Waals surface area contributed by atoms with Gasteiger partial charge in [0.05, 0.1) is 11.3 Å². The molecule has 1 atom stereocenters. The van der Waals surface area contributed by atoms with Crippen molar-refractivity contribution in [3.05, 3.63) is 71.4 Å². The number of anilines is 1. The number of carbonyl (C=O) groups excluding carboxylic acids is 2. The van der Waals surface area contributed by atoms with Gasteiger partial charge in [-0.05, 0) is 25.1 Å². The molecule has 132 valence electrons. The molecule has 1 N–H and O–H groups in total. The number of thiazole rings is 1. The van der Waals surface area contributed by atoms with Crippen LogP contribution in [0.2, 0.25) is 0 Å². The number of rotatable bonds is 5. The number of carbonyl (C=O) groups is 2. The van der Waals surface area contributed by atoms with E-state index < -0.39 is 23.8 Å². The molecular weight excluding hydrogens is 355 g/mol. The van der Waals surface area contributed by atoms with E-state index in [2.05, 4.69) is 10.3 Å². The second kappa shape index (κ2) is 7.88. The Morgan fingerprint density at radius 1 is 1.15 bits per heavy atom. The number of benzene rings is 2. The number of nitrogens with one attached hydrogen (secondary N) is 1. The molecule has 0 spiro atoms. The third-order valence-corrected chi connectivity index (χ3v) is 4.27. The Kier molecular flexibility index (Phi) is 5.38. The second-order valence-corrected chi connectivity index (χ2v) is 6.31. The zero-order valence-corrected chi connectivity index (χ0v) is 14.6. The van der Waals surface area contributed by atoms with E-state index in [0.29, 0.717) is 5.13 Å². The molecule has 0 aliphatic rings. The van der Waals surface area contributed by atoms with E-state index in [1.165, 1.54) is 36.5 Å². The lowest BCUT2D eigenvalue weighted by atomic mass is 10.2. The van der Waals surface area contributed by atoms with Crippen molar-refractivity contribution in [1.29, 1.82) is 0 Å². The van der Waals surface area contributed by atoms with Gasteiger partial charge in [-0.15, -0.1) is 11.3 Å². The van der Waals surface area contributed by atoms with E-state index in [-0.39, 0.29) is 5.56 Å². The molecule has 0 aliphatic heterocycles. The normalized spacial score (nSPS) is 11.6. The first-order chi connectivity index (χ1) is 12.5. The van der Waals surface area contributed by atoms with Crippen LogP contribution in [0, 0.1) is 5.82 Å². The van der Waals surface area contributed by atoms with Gasteiger partial charge in [-0.2, -0.15) is 0 Å². The molecule has 1 aromatic heterocycles. The lowest BCUT2D eigenvalue weighted by Gasteiger charge is -2.12. The smallest absolute Gasteiger partial charge is 0.339 e. The third kappa shape index (κ3) is 4.31. The molecule has 3 aromatic rings. The summed E-state index contributed by atoms with van der Waals surface area (Å²) < 4.78 is 18.2. The van der Waals surface area contributed by atoms with Crippen molar-refractivity contribution in [3.8, 4) is 11.3 Å². The van der Waals surface area contributed by atoms with Crippen molar-refractivity contribution >= 4 is 28.3 Å². The van der Waals surface area contributed by atoms with Crippen molar-refractivity contribution in [2.24, 2.45) is 0 Å². The molecule has 0 unspecified atom stereocenters. The first-order valence-electron chi connectivity index (χ1n) is 7.81. The van der Waals surface area contributed by atoms with Crippen molar-refractivity contribution in [2.45, 2.75) is 13.0 Å². The van der Waals surface area contributed by atoms with Crippen LogP contribution in [-0.2, 0) is 9.53 Å². The van der Waals surface area contributed by atoms with E-state index in [1.807, 2.05) is 35.7 Å². The first kappa shape index (κ1) is 17.8. The Morgan fingerprint density at radius 2 is 1.92 bits per heavy atom. The topological polar surface area (TPSA) is 68.3 Å². The molecule has 0 bridgehead atoms. The molecule has 1 heterocycles. The summed E-state index contributed by atoms with van der Waals surface area (Å²) in [5, 5.41) is 4.85. The SMILES string of the molecule is C[C@@H](OC(=O)c1cccc(F)c1)C(=O)Nc1nc(-c2ccccc2)cs1. The highest BCUT2D eigenvalue weighted by molar-refractivity contribution is 7.14. The monoisotopic (exact) mass is 370 g/mol. The molecule has 0 radical (unpaired) electrons.